The molecule has 0 saturated heterocycles. The van der Waals surface area contributed by atoms with Gasteiger partial charge in [0.05, 0.1) is 6.33 Å². The van der Waals surface area contributed by atoms with Gasteiger partial charge in [-0.25, -0.2) is 9.78 Å². The Morgan fingerprint density at radius 1 is 1.31 bits per heavy atom. The van der Waals surface area contributed by atoms with Crippen molar-refractivity contribution in [1.29, 1.82) is 0 Å². The second kappa shape index (κ2) is 9.36. The van der Waals surface area contributed by atoms with Crippen molar-refractivity contribution < 1.29 is 4.79 Å². The monoisotopic (exact) mass is 355 g/mol. The molecule has 140 valence electrons. The van der Waals surface area contributed by atoms with Crippen LogP contribution in [-0.4, -0.2) is 37.5 Å². The van der Waals surface area contributed by atoms with Crippen LogP contribution in [0.1, 0.15) is 51.0 Å². The molecule has 0 unspecified atom stereocenters. The molecule has 0 bridgehead atoms. The summed E-state index contributed by atoms with van der Waals surface area (Å²) < 4.78 is 2.01. The van der Waals surface area contributed by atoms with Crippen LogP contribution in [0.5, 0.6) is 0 Å². The van der Waals surface area contributed by atoms with E-state index in [1.165, 1.54) is 19.3 Å². The molecule has 2 heterocycles. The minimum Gasteiger partial charge on any atom is -0.335 e. The molecule has 1 atom stereocenters. The lowest BCUT2D eigenvalue weighted by Crippen LogP contribution is -2.50. The van der Waals surface area contributed by atoms with Crippen LogP contribution in [0, 0.1) is 0 Å². The molecule has 6 heteroatoms. The average Bonchev–Trinajstić information content (AvgIpc) is 3.20. The molecule has 3 rings (SSSR count). The van der Waals surface area contributed by atoms with E-state index in [9.17, 15) is 4.79 Å². The second-order valence-corrected chi connectivity index (χ2v) is 7.10. The SMILES string of the molecule is CC[C@@H](Cn1ccnc1)NC(=O)N(Cc1cccnc1)C1CCCCC1. The van der Waals surface area contributed by atoms with Gasteiger partial charge in [0.15, 0.2) is 0 Å². The van der Waals surface area contributed by atoms with Crippen molar-refractivity contribution >= 4 is 6.03 Å². The lowest BCUT2D eigenvalue weighted by atomic mass is 9.94. The first kappa shape index (κ1) is 18.4. The number of pyridine rings is 1. The number of hydrogen-bond donors (Lipinski definition) is 1. The van der Waals surface area contributed by atoms with Gasteiger partial charge in [-0.2, -0.15) is 0 Å². The van der Waals surface area contributed by atoms with Crippen molar-refractivity contribution in [3.05, 3.63) is 48.8 Å². The highest BCUT2D eigenvalue weighted by Crippen LogP contribution is 2.24. The van der Waals surface area contributed by atoms with Crippen molar-refractivity contribution in [2.75, 3.05) is 0 Å². The molecule has 0 radical (unpaired) electrons. The summed E-state index contributed by atoms with van der Waals surface area (Å²) in [6, 6.07) is 4.41. The van der Waals surface area contributed by atoms with Crippen LogP contribution < -0.4 is 5.32 Å². The predicted molar refractivity (Wildman–Crippen MR) is 101 cm³/mol. The maximum atomic E-state index is 13.1. The normalized spacial score (nSPS) is 16.2. The maximum Gasteiger partial charge on any atom is 0.318 e. The van der Waals surface area contributed by atoms with Gasteiger partial charge in [0.1, 0.15) is 0 Å². The van der Waals surface area contributed by atoms with Crippen molar-refractivity contribution in [3.63, 3.8) is 0 Å². The first-order valence-electron chi connectivity index (χ1n) is 9.68. The highest BCUT2D eigenvalue weighted by atomic mass is 16.2. The molecule has 0 aliphatic heterocycles. The second-order valence-electron chi connectivity index (χ2n) is 7.10. The number of aromatic nitrogens is 3. The first-order valence-corrected chi connectivity index (χ1v) is 9.68. The Balaban J connectivity index is 1.68. The van der Waals surface area contributed by atoms with E-state index in [1.807, 2.05) is 34.0 Å². The maximum absolute atomic E-state index is 13.1. The fourth-order valence-corrected chi connectivity index (χ4v) is 3.63. The van der Waals surface area contributed by atoms with E-state index in [0.717, 1.165) is 31.4 Å². The zero-order chi connectivity index (χ0) is 18.2. The minimum absolute atomic E-state index is 0.0349. The van der Waals surface area contributed by atoms with Gasteiger partial charge in [-0.05, 0) is 30.9 Å². The fourth-order valence-electron chi connectivity index (χ4n) is 3.63. The predicted octanol–water partition coefficient (Wildman–Crippen LogP) is 3.60. The number of carbonyl (C=O) groups is 1. The lowest BCUT2D eigenvalue weighted by Gasteiger charge is -2.35. The third-order valence-electron chi connectivity index (χ3n) is 5.16. The van der Waals surface area contributed by atoms with Gasteiger partial charge in [0, 0.05) is 50.0 Å². The standard InChI is InChI=1S/C20H29N5O/c1-2-18(15-24-12-11-22-16-24)23-20(26)25(19-8-4-3-5-9-19)14-17-7-6-10-21-13-17/h6-7,10-13,16,18-19H,2-5,8-9,14-15H2,1H3,(H,23,26)/t18-/m0/s1. The van der Waals surface area contributed by atoms with Crippen LogP contribution in [0.3, 0.4) is 0 Å². The van der Waals surface area contributed by atoms with E-state index in [4.69, 9.17) is 0 Å². The van der Waals surface area contributed by atoms with Crippen molar-refractivity contribution in [2.45, 2.75) is 70.6 Å². The molecule has 2 aromatic heterocycles. The Morgan fingerprint density at radius 2 is 2.15 bits per heavy atom. The van der Waals surface area contributed by atoms with E-state index in [-0.39, 0.29) is 12.1 Å². The average molecular weight is 355 g/mol. The molecular formula is C20H29N5O. The summed E-state index contributed by atoms with van der Waals surface area (Å²) in [4.78, 5) is 23.4. The summed E-state index contributed by atoms with van der Waals surface area (Å²) in [7, 11) is 0. The summed E-state index contributed by atoms with van der Waals surface area (Å²) in [5, 5.41) is 3.24. The number of nitrogens with zero attached hydrogens (tertiary/aromatic N) is 4. The smallest absolute Gasteiger partial charge is 0.318 e. The first-order chi connectivity index (χ1) is 12.8. The number of hydrogen-bond acceptors (Lipinski definition) is 3. The van der Waals surface area contributed by atoms with Crippen LogP contribution in [0.15, 0.2) is 43.2 Å². The molecular weight excluding hydrogens is 326 g/mol. The summed E-state index contributed by atoms with van der Waals surface area (Å²) in [6.45, 7) is 3.47. The van der Waals surface area contributed by atoms with Gasteiger partial charge in [-0.3, -0.25) is 4.98 Å². The molecule has 1 fully saturated rings. The molecule has 2 aromatic rings. The summed E-state index contributed by atoms with van der Waals surface area (Å²) >= 11 is 0. The molecule has 1 aliphatic carbocycles. The fraction of sp³-hybridized carbons (Fsp3) is 0.550. The highest BCUT2D eigenvalue weighted by molar-refractivity contribution is 5.75. The molecule has 6 nitrogen and oxygen atoms in total. The topological polar surface area (TPSA) is 63.1 Å². The van der Waals surface area contributed by atoms with E-state index in [2.05, 4.69) is 22.2 Å². The largest absolute Gasteiger partial charge is 0.335 e. The number of rotatable bonds is 7. The Hall–Kier alpha value is -2.37. The Bertz CT molecular complexity index is 652. The van der Waals surface area contributed by atoms with Crippen LogP contribution in [-0.2, 0) is 13.1 Å². The number of nitrogens with one attached hydrogen (secondary N) is 1. The zero-order valence-corrected chi connectivity index (χ0v) is 15.6. The molecule has 0 spiro atoms. The van der Waals surface area contributed by atoms with Gasteiger partial charge in [0.2, 0.25) is 0 Å². The molecule has 1 aliphatic rings. The van der Waals surface area contributed by atoms with E-state index in [1.54, 1.807) is 18.7 Å². The molecule has 1 N–H and O–H groups in total. The number of imidazole rings is 1. The Labute approximate surface area is 155 Å². The molecule has 0 aromatic carbocycles. The lowest BCUT2D eigenvalue weighted by molar-refractivity contribution is 0.146. The number of urea groups is 1. The van der Waals surface area contributed by atoms with Gasteiger partial charge in [0.25, 0.3) is 0 Å². The third-order valence-corrected chi connectivity index (χ3v) is 5.16. The third kappa shape index (κ3) is 5.07. The van der Waals surface area contributed by atoms with Gasteiger partial charge in [-0.1, -0.05) is 32.3 Å². The van der Waals surface area contributed by atoms with Gasteiger partial charge >= 0.3 is 6.03 Å². The van der Waals surface area contributed by atoms with Crippen molar-refractivity contribution in [1.82, 2.24) is 24.8 Å². The van der Waals surface area contributed by atoms with E-state index >= 15 is 0 Å². The van der Waals surface area contributed by atoms with E-state index < -0.39 is 0 Å². The van der Waals surface area contributed by atoms with Crippen molar-refractivity contribution in [3.8, 4) is 0 Å². The number of carbonyl (C=O) groups excluding carboxylic acids is 1. The Kier molecular flexibility index (Phi) is 6.63. The summed E-state index contributed by atoms with van der Waals surface area (Å²) in [5.74, 6) is 0. The summed E-state index contributed by atoms with van der Waals surface area (Å²) in [6.07, 6.45) is 15.9. The van der Waals surface area contributed by atoms with Crippen LogP contribution in [0.2, 0.25) is 0 Å². The molecule has 1 saturated carbocycles. The molecule has 2 amide bonds. The van der Waals surface area contributed by atoms with Crippen LogP contribution in [0.25, 0.3) is 0 Å². The van der Waals surface area contributed by atoms with Gasteiger partial charge in [-0.15, -0.1) is 0 Å². The summed E-state index contributed by atoms with van der Waals surface area (Å²) in [5.41, 5.74) is 1.08. The van der Waals surface area contributed by atoms with Crippen molar-refractivity contribution in [2.24, 2.45) is 0 Å². The number of amides is 2. The van der Waals surface area contributed by atoms with Crippen LogP contribution >= 0.6 is 0 Å². The van der Waals surface area contributed by atoms with Gasteiger partial charge < -0.3 is 14.8 Å². The highest BCUT2D eigenvalue weighted by Gasteiger charge is 2.27. The quantitative estimate of drug-likeness (QED) is 0.825. The minimum atomic E-state index is 0.0349. The zero-order valence-electron chi connectivity index (χ0n) is 15.6. The molecule has 26 heavy (non-hydrogen) atoms. The van der Waals surface area contributed by atoms with Crippen LogP contribution in [0.4, 0.5) is 4.79 Å². The van der Waals surface area contributed by atoms with E-state index in [0.29, 0.717) is 12.6 Å². The Morgan fingerprint density at radius 3 is 2.81 bits per heavy atom.